The van der Waals surface area contributed by atoms with Crippen LogP contribution >= 0.6 is 0 Å². The largest absolute Gasteiger partial charge is 0.481 e. The average Bonchev–Trinajstić information content (AvgIpc) is 3.31. The molecule has 226 valence electrons. The molecule has 0 aliphatic rings. The van der Waals surface area contributed by atoms with Gasteiger partial charge in [0.25, 0.3) is 0 Å². The summed E-state index contributed by atoms with van der Waals surface area (Å²) < 4.78 is 45.5. The molecular formula is C33H33F3N2O5. The highest BCUT2D eigenvalue weighted by Crippen LogP contribution is 2.43. The molecule has 2 unspecified atom stereocenters. The lowest BCUT2D eigenvalue weighted by Gasteiger charge is -2.21. The second-order valence-corrected chi connectivity index (χ2v) is 10.6. The second kappa shape index (κ2) is 13.7. The van der Waals surface area contributed by atoms with Gasteiger partial charge < -0.3 is 19.9 Å². The van der Waals surface area contributed by atoms with E-state index in [1.165, 1.54) is 60.7 Å². The fraction of sp³-hybridized carbons (Fsp3) is 0.273. The van der Waals surface area contributed by atoms with Gasteiger partial charge in [-0.15, -0.1) is 5.12 Å². The summed E-state index contributed by atoms with van der Waals surface area (Å²) >= 11 is 0. The van der Waals surface area contributed by atoms with Gasteiger partial charge >= 0.3 is 11.9 Å². The fourth-order valence-electron chi connectivity index (χ4n) is 5.28. The number of anilines is 1. The first-order valence-corrected chi connectivity index (χ1v) is 13.9. The number of nitrogens with zero attached hydrogens (tertiary/aromatic N) is 2. The molecule has 0 bridgehead atoms. The fourth-order valence-corrected chi connectivity index (χ4v) is 5.28. The van der Waals surface area contributed by atoms with Gasteiger partial charge in [-0.25, -0.2) is 8.78 Å². The molecule has 43 heavy (non-hydrogen) atoms. The molecule has 1 amide bonds. The summed E-state index contributed by atoms with van der Waals surface area (Å²) in [5.41, 5.74) is 2.21. The Morgan fingerprint density at radius 2 is 1.35 bits per heavy atom. The predicted octanol–water partition coefficient (Wildman–Crippen LogP) is 6.73. The summed E-state index contributed by atoms with van der Waals surface area (Å²) in [6.45, 7) is 3.61. The maximum atomic E-state index is 15.8. The van der Waals surface area contributed by atoms with E-state index in [0.717, 1.165) is 0 Å². The molecule has 0 radical (unpaired) electrons. The van der Waals surface area contributed by atoms with Crippen molar-refractivity contribution in [1.82, 2.24) is 4.57 Å². The molecule has 0 saturated carbocycles. The van der Waals surface area contributed by atoms with Crippen molar-refractivity contribution in [3.8, 4) is 22.3 Å². The number of benzene rings is 3. The zero-order chi connectivity index (χ0) is 31.3. The summed E-state index contributed by atoms with van der Waals surface area (Å²) in [6.07, 6.45) is -2.88. The highest BCUT2D eigenvalue weighted by atomic mass is 19.2. The molecule has 0 saturated heterocycles. The second-order valence-electron chi connectivity index (χ2n) is 10.6. The van der Waals surface area contributed by atoms with Gasteiger partial charge in [0, 0.05) is 22.9 Å². The quantitative estimate of drug-likeness (QED) is 0.158. The molecule has 0 aliphatic carbocycles. The van der Waals surface area contributed by atoms with Crippen LogP contribution in [0.3, 0.4) is 0 Å². The number of aliphatic hydroxyl groups is 2. The average molecular weight is 595 g/mol. The molecule has 0 fully saturated rings. The van der Waals surface area contributed by atoms with Gasteiger partial charge in [0.05, 0.1) is 24.3 Å². The summed E-state index contributed by atoms with van der Waals surface area (Å²) in [5, 5.41) is 29.7. The minimum absolute atomic E-state index is 0.00165. The molecule has 10 heteroatoms. The normalized spacial score (nSPS) is 12.7. The first-order chi connectivity index (χ1) is 20.5. The highest BCUT2D eigenvalue weighted by molar-refractivity contribution is 6.11. The Labute approximate surface area is 247 Å². The van der Waals surface area contributed by atoms with Crippen LogP contribution in [0, 0.1) is 11.6 Å². The lowest BCUT2D eigenvalue weighted by Crippen LogP contribution is -2.27. The van der Waals surface area contributed by atoms with Crippen molar-refractivity contribution in [2.75, 3.05) is 5.12 Å². The maximum Gasteiger partial charge on any atom is 0.305 e. The van der Waals surface area contributed by atoms with Crippen LogP contribution < -0.4 is 5.12 Å². The number of rotatable bonds is 12. The van der Waals surface area contributed by atoms with Crippen LogP contribution in [-0.2, 0) is 11.2 Å². The van der Waals surface area contributed by atoms with Gasteiger partial charge in [0.15, 0.2) is 0 Å². The Morgan fingerprint density at radius 1 is 0.814 bits per heavy atom. The van der Waals surface area contributed by atoms with Gasteiger partial charge in [0.2, 0.25) is 0 Å². The number of aliphatic hydroxyl groups excluding tert-OH is 2. The van der Waals surface area contributed by atoms with E-state index in [0.29, 0.717) is 27.9 Å². The SMILES string of the molecule is CC(C)n1c(CCC(O)CC(O)CC(=O)O)c(-c2ccc(F)cc2)c(-c2ccc(F)cc2)c1C(=O)N(F)c1ccccc1. The van der Waals surface area contributed by atoms with Crippen LogP contribution in [0.15, 0.2) is 78.9 Å². The van der Waals surface area contributed by atoms with Gasteiger partial charge in [-0.05, 0) is 80.6 Å². The monoisotopic (exact) mass is 594 g/mol. The van der Waals surface area contributed by atoms with Gasteiger partial charge in [-0.3, -0.25) is 9.59 Å². The van der Waals surface area contributed by atoms with E-state index < -0.39 is 48.2 Å². The van der Waals surface area contributed by atoms with Crippen molar-refractivity contribution in [2.45, 2.75) is 57.8 Å². The number of hydrogen-bond acceptors (Lipinski definition) is 4. The maximum absolute atomic E-state index is 15.8. The van der Waals surface area contributed by atoms with Crippen LogP contribution in [0.5, 0.6) is 0 Å². The third kappa shape index (κ3) is 7.33. The number of carbonyl (C=O) groups is 2. The molecule has 3 aromatic carbocycles. The van der Waals surface area contributed by atoms with Crippen molar-refractivity contribution >= 4 is 17.6 Å². The van der Waals surface area contributed by atoms with Crippen molar-refractivity contribution in [1.29, 1.82) is 0 Å². The molecule has 1 aromatic heterocycles. The number of aliphatic carboxylic acids is 1. The van der Waals surface area contributed by atoms with Gasteiger partial charge in [-0.2, -0.15) is 0 Å². The zero-order valence-corrected chi connectivity index (χ0v) is 23.8. The number of carbonyl (C=O) groups excluding carboxylic acids is 1. The molecule has 3 N–H and O–H groups in total. The minimum Gasteiger partial charge on any atom is -0.481 e. The van der Waals surface area contributed by atoms with Gasteiger partial charge in [-0.1, -0.05) is 46.9 Å². The van der Waals surface area contributed by atoms with E-state index >= 15 is 4.48 Å². The lowest BCUT2D eigenvalue weighted by atomic mass is 9.92. The minimum atomic E-state index is -1.26. The summed E-state index contributed by atoms with van der Waals surface area (Å²) in [7, 11) is 0. The van der Waals surface area contributed by atoms with Crippen LogP contribution in [-0.4, -0.2) is 44.0 Å². The summed E-state index contributed by atoms with van der Waals surface area (Å²) in [6, 6.07) is 18.3. The number of halogens is 3. The van der Waals surface area contributed by atoms with Crippen molar-refractivity contribution < 1.29 is 38.2 Å². The van der Waals surface area contributed by atoms with E-state index in [2.05, 4.69) is 0 Å². The summed E-state index contributed by atoms with van der Waals surface area (Å²) in [4.78, 5) is 25.0. The molecule has 4 aromatic rings. The Kier molecular flexibility index (Phi) is 10.1. The first kappa shape index (κ1) is 31.5. The number of hydrogen-bond donors (Lipinski definition) is 3. The lowest BCUT2D eigenvalue weighted by molar-refractivity contribution is -0.139. The number of carboxylic acid groups (broad SMARTS) is 1. The number of aromatic nitrogens is 1. The van der Waals surface area contributed by atoms with Crippen LogP contribution in [0.2, 0.25) is 0 Å². The molecule has 1 heterocycles. The molecule has 0 spiro atoms. The van der Waals surface area contributed by atoms with Crippen LogP contribution in [0.4, 0.5) is 18.9 Å². The third-order valence-corrected chi connectivity index (χ3v) is 7.12. The van der Waals surface area contributed by atoms with Crippen LogP contribution in [0.25, 0.3) is 22.3 Å². The highest BCUT2D eigenvalue weighted by Gasteiger charge is 2.33. The first-order valence-electron chi connectivity index (χ1n) is 13.9. The van der Waals surface area contributed by atoms with Crippen molar-refractivity contribution in [3.63, 3.8) is 0 Å². The van der Waals surface area contributed by atoms with E-state index in [-0.39, 0.29) is 35.8 Å². The smallest absolute Gasteiger partial charge is 0.305 e. The Bertz CT molecular complexity index is 1550. The van der Waals surface area contributed by atoms with E-state index in [1.807, 2.05) is 0 Å². The molecular weight excluding hydrogens is 561 g/mol. The van der Waals surface area contributed by atoms with Crippen molar-refractivity contribution in [3.05, 3.63) is 102 Å². The van der Waals surface area contributed by atoms with Crippen LogP contribution in [0.1, 0.15) is 55.3 Å². The van der Waals surface area contributed by atoms with E-state index in [1.54, 1.807) is 36.6 Å². The Balaban J connectivity index is 1.95. The van der Waals surface area contributed by atoms with Crippen molar-refractivity contribution in [2.24, 2.45) is 0 Å². The topological polar surface area (TPSA) is 103 Å². The van der Waals surface area contributed by atoms with E-state index in [9.17, 15) is 28.6 Å². The molecule has 0 aliphatic heterocycles. The standard InChI is InChI=1S/C33H33F3N2O5/c1-20(2)37-28(17-16-26(39)18-27(40)19-29(41)42)30(21-8-12-23(34)13-9-21)31(22-10-14-24(35)15-11-22)32(37)33(43)38(36)25-6-4-3-5-7-25/h3-15,20,26-27,39-40H,16-19H2,1-2H3,(H,41,42). The molecule has 2 atom stereocenters. The predicted molar refractivity (Wildman–Crippen MR) is 157 cm³/mol. The number of para-hydroxylation sites is 1. The van der Waals surface area contributed by atoms with E-state index in [4.69, 9.17) is 5.11 Å². The molecule has 7 nitrogen and oxygen atoms in total. The number of carboxylic acids is 1. The Hall–Kier alpha value is -4.41. The third-order valence-electron chi connectivity index (χ3n) is 7.12. The number of amides is 1. The Morgan fingerprint density at radius 3 is 1.86 bits per heavy atom. The van der Waals surface area contributed by atoms with Gasteiger partial charge in [0.1, 0.15) is 17.3 Å². The molecule has 4 rings (SSSR count). The summed E-state index contributed by atoms with van der Waals surface area (Å²) in [5.74, 6) is -3.18. The zero-order valence-electron chi connectivity index (χ0n) is 23.8.